The molecule has 6 nitrogen and oxygen atoms in total. The van der Waals surface area contributed by atoms with Crippen LogP contribution in [-0.2, 0) is 22.6 Å². The zero-order chi connectivity index (χ0) is 26.6. The van der Waals surface area contributed by atoms with Gasteiger partial charge in [-0.2, -0.15) is 0 Å². The molecule has 0 aromatic heterocycles. The number of anilines is 1. The quantitative estimate of drug-likeness (QED) is 0.355. The van der Waals surface area contributed by atoms with E-state index < -0.39 is 17.8 Å². The Labute approximate surface area is 220 Å². The molecule has 1 atom stereocenters. The highest BCUT2D eigenvalue weighted by Gasteiger charge is 2.36. The van der Waals surface area contributed by atoms with Gasteiger partial charge in [-0.05, 0) is 36.1 Å². The third-order valence-corrected chi connectivity index (χ3v) is 6.86. The molecule has 38 heavy (non-hydrogen) atoms. The first-order valence-electron chi connectivity index (χ1n) is 12.7. The Balaban J connectivity index is 1.51. The summed E-state index contributed by atoms with van der Waals surface area (Å²) < 4.78 is 14.7. The molecule has 0 saturated carbocycles. The fourth-order valence-electron chi connectivity index (χ4n) is 5.02. The fraction of sp³-hybridized carbons (Fsp3) is 0.194. The molecule has 0 unspecified atom stereocenters. The lowest BCUT2D eigenvalue weighted by Crippen LogP contribution is -2.53. The number of hydrogen-bond donors (Lipinski definition) is 1. The molecule has 0 bridgehead atoms. The third kappa shape index (κ3) is 4.87. The molecule has 192 valence electrons. The Morgan fingerprint density at radius 2 is 1.63 bits per heavy atom. The normalized spacial score (nSPS) is 13.0. The summed E-state index contributed by atoms with van der Waals surface area (Å²) in [6.07, 6.45) is 0.247. The van der Waals surface area contributed by atoms with Crippen molar-refractivity contribution < 1.29 is 18.8 Å². The van der Waals surface area contributed by atoms with Crippen LogP contribution in [0.4, 0.5) is 10.1 Å². The number of carbonyl (C=O) groups is 3. The summed E-state index contributed by atoms with van der Waals surface area (Å²) in [4.78, 5) is 43.5. The standard InChI is InChI=1S/C31H28FN3O3/c1-2-33-30(37)27(18-21-10-4-3-5-11-21)34(19-23-12-6-7-16-25(23)32)28(36)20-35-26-17-9-14-22-13-8-15-24(29(22)26)31(35)38/h3-17,27H,2,18-20H2,1H3,(H,33,37)/t27-/m1/s1. The third-order valence-electron chi connectivity index (χ3n) is 6.86. The molecule has 0 saturated heterocycles. The van der Waals surface area contributed by atoms with Gasteiger partial charge in [-0.25, -0.2) is 4.39 Å². The van der Waals surface area contributed by atoms with Gasteiger partial charge in [0, 0.05) is 36.0 Å². The second-order valence-electron chi connectivity index (χ2n) is 9.29. The molecule has 0 fully saturated rings. The number of hydrogen-bond acceptors (Lipinski definition) is 3. The van der Waals surface area contributed by atoms with E-state index in [-0.39, 0.29) is 31.3 Å². The van der Waals surface area contributed by atoms with E-state index >= 15 is 0 Å². The monoisotopic (exact) mass is 509 g/mol. The predicted molar refractivity (Wildman–Crippen MR) is 145 cm³/mol. The van der Waals surface area contributed by atoms with Gasteiger partial charge in [0.1, 0.15) is 18.4 Å². The number of nitrogens with zero attached hydrogens (tertiary/aromatic N) is 2. The molecule has 0 aliphatic carbocycles. The smallest absolute Gasteiger partial charge is 0.259 e. The number of halogens is 1. The molecule has 3 amide bonds. The second kappa shape index (κ2) is 10.8. The van der Waals surface area contributed by atoms with Crippen molar-refractivity contribution in [3.05, 3.63) is 114 Å². The number of nitrogens with one attached hydrogen (secondary N) is 1. The highest BCUT2D eigenvalue weighted by atomic mass is 19.1. The average Bonchev–Trinajstić information content (AvgIpc) is 3.20. The van der Waals surface area contributed by atoms with Crippen LogP contribution in [0.25, 0.3) is 10.8 Å². The van der Waals surface area contributed by atoms with E-state index in [9.17, 15) is 18.8 Å². The average molecular weight is 510 g/mol. The van der Waals surface area contributed by atoms with Crippen molar-refractivity contribution in [3.8, 4) is 0 Å². The van der Waals surface area contributed by atoms with Crippen LogP contribution in [0.3, 0.4) is 0 Å². The van der Waals surface area contributed by atoms with Gasteiger partial charge in [0.25, 0.3) is 5.91 Å². The van der Waals surface area contributed by atoms with Crippen LogP contribution in [0.5, 0.6) is 0 Å². The molecule has 1 N–H and O–H groups in total. The summed E-state index contributed by atoms with van der Waals surface area (Å²) in [5, 5.41) is 4.54. The van der Waals surface area contributed by atoms with Gasteiger partial charge in [-0.3, -0.25) is 19.3 Å². The Morgan fingerprint density at radius 3 is 2.37 bits per heavy atom. The minimum atomic E-state index is -0.902. The molecule has 1 aliphatic heterocycles. The number of rotatable bonds is 9. The van der Waals surface area contributed by atoms with Crippen LogP contribution in [-0.4, -0.2) is 41.8 Å². The molecular formula is C31H28FN3O3. The minimum absolute atomic E-state index is 0.112. The first kappa shape index (κ1) is 25.1. The zero-order valence-corrected chi connectivity index (χ0v) is 21.1. The van der Waals surface area contributed by atoms with Crippen molar-refractivity contribution in [1.29, 1.82) is 0 Å². The summed E-state index contributed by atoms with van der Waals surface area (Å²) in [6.45, 7) is 1.81. The number of benzene rings is 4. The largest absolute Gasteiger partial charge is 0.355 e. The highest BCUT2D eigenvalue weighted by Crippen LogP contribution is 2.37. The van der Waals surface area contributed by atoms with Crippen LogP contribution in [0.1, 0.15) is 28.4 Å². The van der Waals surface area contributed by atoms with E-state index in [0.717, 1.165) is 16.3 Å². The molecule has 0 spiro atoms. The van der Waals surface area contributed by atoms with Gasteiger partial charge in [0.15, 0.2) is 0 Å². The minimum Gasteiger partial charge on any atom is -0.355 e. The van der Waals surface area contributed by atoms with Gasteiger partial charge >= 0.3 is 0 Å². The number of carbonyl (C=O) groups excluding carboxylic acids is 3. The van der Waals surface area contributed by atoms with E-state index in [1.54, 1.807) is 31.2 Å². The molecule has 1 aliphatic rings. The maximum atomic E-state index is 14.7. The highest BCUT2D eigenvalue weighted by molar-refractivity contribution is 6.26. The lowest BCUT2D eigenvalue weighted by Gasteiger charge is -2.33. The fourth-order valence-corrected chi connectivity index (χ4v) is 5.02. The molecule has 4 aromatic rings. The van der Waals surface area contributed by atoms with Crippen molar-refractivity contribution in [3.63, 3.8) is 0 Å². The molecule has 1 heterocycles. The Kier molecular flexibility index (Phi) is 7.18. The maximum Gasteiger partial charge on any atom is 0.259 e. The molecule has 7 heteroatoms. The molecule has 5 rings (SSSR count). The summed E-state index contributed by atoms with van der Waals surface area (Å²) >= 11 is 0. The van der Waals surface area contributed by atoms with Crippen molar-refractivity contribution in [2.45, 2.75) is 25.9 Å². The Morgan fingerprint density at radius 1 is 0.921 bits per heavy atom. The lowest BCUT2D eigenvalue weighted by molar-refractivity contribution is -0.140. The Hall–Kier alpha value is -4.52. The van der Waals surface area contributed by atoms with E-state index in [1.807, 2.05) is 60.7 Å². The van der Waals surface area contributed by atoms with Crippen molar-refractivity contribution in [2.75, 3.05) is 18.0 Å². The van der Waals surface area contributed by atoms with E-state index in [1.165, 1.54) is 15.9 Å². The van der Waals surface area contributed by atoms with E-state index in [2.05, 4.69) is 5.32 Å². The molecule has 4 aromatic carbocycles. The predicted octanol–water partition coefficient (Wildman–Crippen LogP) is 4.72. The van der Waals surface area contributed by atoms with Crippen LogP contribution < -0.4 is 10.2 Å². The first-order valence-corrected chi connectivity index (χ1v) is 12.7. The first-order chi connectivity index (χ1) is 18.5. The van der Waals surface area contributed by atoms with Crippen LogP contribution >= 0.6 is 0 Å². The SMILES string of the molecule is CCNC(=O)[C@@H](Cc1ccccc1)N(Cc1ccccc1F)C(=O)CN1C(=O)c2cccc3cccc1c23. The lowest BCUT2D eigenvalue weighted by atomic mass is 10.0. The van der Waals surface area contributed by atoms with Crippen LogP contribution in [0, 0.1) is 5.82 Å². The number of likely N-dealkylation sites (N-methyl/N-ethyl adjacent to an activating group) is 1. The Bertz CT molecular complexity index is 1500. The van der Waals surface area contributed by atoms with Crippen LogP contribution in [0.2, 0.25) is 0 Å². The van der Waals surface area contributed by atoms with Gasteiger partial charge in [0.2, 0.25) is 11.8 Å². The summed E-state index contributed by atoms with van der Waals surface area (Å²) in [5.41, 5.74) is 2.35. The number of amides is 3. The summed E-state index contributed by atoms with van der Waals surface area (Å²) in [6, 6.07) is 25.8. The van der Waals surface area contributed by atoms with Crippen LogP contribution in [0.15, 0.2) is 91.0 Å². The van der Waals surface area contributed by atoms with Gasteiger partial charge in [0.05, 0.1) is 5.69 Å². The second-order valence-corrected chi connectivity index (χ2v) is 9.29. The van der Waals surface area contributed by atoms with Gasteiger partial charge < -0.3 is 10.2 Å². The van der Waals surface area contributed by atoms with Gasteiger partial charge in [-0.1, -0.05) is 72.8 Å². The van der Waals surface area contributed by atoms with Crippen molar-refractivity contribution in [1.82, 2.24) is 10.2 Å². The van der Waals surface area contributed by atoms with Crippen molar-refractivity contribution >= 4 is 34.2 Å². The van der Waals surface area contributed by atoms with Crippen molar-refractivity contribution in [2.24, 2.45) is 0 Å². The van der Waals surface area contributed by atoms with E-state index in [4.69, 9.17) is 0 Å². The zero-order valence-electron chi connectivity index (χ0n) is 21.1. The van der Waals surface area contributed by atoms with E-state index in [0.29, 0.717) is 23.4 Å². The van der Waals surface area contributed by atoms with Gasteiger partial charge in [-0.15, -0.1) is 0 Å². The molecule has 0 radical (unpaired) electrons. The summed E-state index contributed by atoms with van der Waals surface area (Å²) in [7, 11) is 0. The molecular weight excluding hydrogens is 481 g/mol. The topological polar surface area (TPSA) is 69.7 Å². The maximum absolute atomic E-state index is 14.7. The summed E-state index contributed by atoms with van der Waals surface area (Å²) in [5.74, 6) is -1.51.